The van der Waals surface area contributed by atoms with Gasteiger partial charge in [0.1, 0.15) is 5.54 Å². The average Bonchev–Trinajstić information content (AvgIpc) is 3.34. The van der Waals surface area contributed by atoms with Gasteiger partial charge < -0.3 is 15.4 Å². The number of benzene rings is 4. The molecule has 5 nitrogen and oxygen atoms in total. The predicted octanol–water partition coefficient (Wildman–Crippen LogP) is 6.43. The maximum Gasteiger partial charge on any atom is 0.332 e. The number of hydrogen-bond donors (Lipinski definition) is 1. The van der Waals surface area contributed by atoms with Gasteiger partial charge in [-0.3, -0.25) is 4.79 Å². The number of ether oxygens (including phenoxy) is 1. The Morgan fingerprint density at radius 1 is 0.895 bits per heavy atom. The van der Waals surface area contributed by atoms with Crippen molar-refractivity contribution in [2.24, 2.45) is 0 Å². The molecule has 0 aliphatic heterocycles. The van der Waals surface area contributed by atoms with Crippen LogP contribution in [0.1, 0.15) is 27.0 Å². The van der Waals surface area contributed by atoms with E-state index in [9.17, 15) is 9.59 Å². The molecule has 38 heavy (non-hydrogen) atoms. The number of rotatable bonds is 7. The van der Waals surface area contributed by atoms with Crippen molar-refractivity contribution in [3.05, 3.63) is 124 Å². The Labute approximate surface area is 231 Å². The lowest BCUT2D eigenvalue weighted by Crippen LogP contribution is -2.58. The molecule has 4 aromatic rings. The van der Waals surface area contributed by atoms with Crippen molar-refractivity contribution in [1.29, 1.82) is 0 Å². The van der Waals surface area contributed by atoms with E-state index in [-0.39, 0.29) is 12.5 Å². The Morgan fingerprint density at radius 2 is 1.50 bits per heavy atom. The summed E-state index contributed by atoms with van der Waals surface area (Å²) in [7, 11) is 1.37. The molecule has 1 amide bonds. The van der Waals surface area contributed by atoms with Crippen LogP contribution in [-0.4, -0.2) is 29.4 Å². The van der Waals surface area contributed by atoms with Crippen molar-refractivity contribution in [2.45, 2.75) is 34.7 Å². The van der Waals surface area contributed by atoms with E-state index in [1.165, 1.54) is 7.11 Å². The van der Waals surface area contributed by atoms with Crippen LogP contribution in [0, 0.1) is 0 Å². The zero-order valence-electron chi connectivity index (χ0n) is 20.9. The number of amides is 1. The average molecular weight is 543 g/mol. The molecule has 0 heterocycles. The Kier molecular flexibility index (Phi) is 7.45. The topological polar surface area (TPSA) is 72.6 Å². The predicted molar refractivity (Wildman–Crippen MR) is 151 cm³/mol. The summed E-state index contributed by atoms with van der Waals surface area (Å²) in [4.78, 5) is 31.5. The van der Waals surface area contributed by atoms with Crippen LogP contribution < -0.4 is 5.73 Å². The molecule has 0 radical (unpaired) electrons. The molecule has 2 N–H and O–H groups in total. The van der Waals surface area contributed by atoms with Crippen LogP contribution in [0.25, 0.3) is 0 Å². The van der Waals surface area contributed by atoms with Gasteiger partial charge in [0.05, 0.1) is 12.7 Å². The van der Waals surface area contributed by atoms with Crippen molar-refractivity contribution in [2.75, 3.05) is 12.8 Å². The third-order valence-electron chi connectivity index (χ3n) is 6.95. The molecule has 0 aromatic heterocycles. The van der Waals surface area contributed by atoms with Gasteiger partial charge in [-0.15, -0.1) is 0 Å². The van der Waals surface area contributed by atoms with Crippen molar-refractivity contribution in [3.8, 4) is 0 Å². The quantitative estimate of drug-likeness (QED) is 0.215. The summed E-state index contributed by atoms with van der Waals surface area (Å²) in [6, 6.07) is 30.4. The molecule has 0 saturated carbocycles. The first kappa shape index (κ1) is 25.9. The Balaban J connectivity index is 1.60. The number of nitrogens with zero attached hydrogens (tertiary/aromatic N) is 1. The van der Waals surface area contributed by atoms with Gasteiger partial charge in [0.2, 0.25) is 0 Å². The molecule has 0 atom stereocenters. The highest BCUT2D eigenvalue weighted by Crippen LogP contribution is 2.40. The van der Waals surface area contributed by atoms with Crippen LogP contribution >= 0.6 is 23.4 Å². The van der Waals surface area contributed by atoms with Crippen molar-refractivity contribution < 1.29 is 14.3 Å². The van der Waals surface area contributed by atoms with Gasteiger partial charge >= 0.3 is 5.97 Å². The van der Waals surface area contributed by atoms with Crippen molar-refractivity contribution >= 4 is 40.9 Å². The fourth-order valence-electron chi connectivity index (χ4n) is 5.02. The number of nitrogens with two attached hydrogens (primary N) is 1. The summed E-state index contributed by atoms with van der Waals surface area (Å²) < 4.78 is 5.36. The first-order chi connectivity index (χ1) is 18.4. The normalized spacial score (nSPS) is 13.5. The zero-order valence-corrected chi connectivity index (χ0v) is 22.5. The van der Waals surface area contributed by atoms with Crippen LogP contribution in [0.4, 0.5) is 5.69 Å². The fraction of sp³-hybridized carbons (Fsp3) is 0.161. The van der Waals surface area contributed by atoms with E-state index in [4.69, 9.17) is 22.1 Å². The molecule has 5 rings (SSSR count). The molecule has 0 saturated heterocycles. The minimum Gasteiger partial charge on any atom is -0.467 e. The SMILES string of the molecule is COC(=O)C1(N(Cc2ccccc2Sc2ccc(Cl)cc2)C(=O)c2ccccc2N)Cc2ccccc2C1. The van der Waals surface area contributed by atoms with E-state index in [0.29, 0.717) is 29.1 Å². The number of anilines is 1. The molecule has 0 fully saturated rings. The van der Waals surface area contributed by atoms with Crippen LogP contribution in [0.3, 0.4) is 0 Å². The van der Waals surface area contributed by atoms with Gasteiger partial charge in [0.25, 0.3) is 5.91 Å². The van der Waals surface area contributed by atoms with Crippen LogP contribution in [-0.2, 0) is 28.9 Å². The third kappa shape index (κ3) is 5.02. The minimum atomic E-state index is -1.21. The monoisotopic (exact) mass is 542 g/mol. The second kappa shape index (κ2) is 10.9. The summed E-state index contributed by atoms with van der Waals surface area (Å²) in [6.45, 7) is 0.201. The molecule has 4 aromatic carbocycles. The van der Waals surface area contributed by atoms with Gasteiger partial charge in [-0.1, -0.05) is 78.0 Å². The number of carbonyl (C=O) groups is 2. The fourth-order valence-corrected chi connectivity index (χ4v) is 6.08. The molecule has 0 bridgehead atoms. The molecule has 1 aliphatic carbocycles. The number of carbonyl (C=O) groups excluding carboxylic acids is 2. The van der Waals surface area contributed by atoms with Crippen LogP contribution in [0.2, 0.25) is 5.02 Å². The molecule has 7 heteroatoms. The van der Waals surface area contributed by atoms with Gasteiger partial charge in [0, 0.05) is 39.9 Å². The zero-order chi connectivity index (χ0) is 26.7. The number of methoxy groups -OCH3 is 1. The molecule has 192 valence electrons. The van der Waals surface area contributed by atoms with Gasteiger partial charge in [0.15, 0.2) is 0 Å². The smallest absolute Gasteiger partial charge is 0.332 e. The summed E-state index contributed by atoms with van der Waals surface area (Å²) in [5.74, 6) is -0.757. The molecule has 1 aliphatic rings. The summed E-state index contributed by atoms with van der Waals surface area (Å²) in [5.41, 5.74) is 8.73. The minimum absolute atomic E-state index is 0.201. The van der Waals surface area contributed by atoms with E-state index in [1.54, 1.807) is 40.9 Å². The van der Waals surface area contributed by atoms with E-state index in [2.05, 4.69) is 0 Å². The van der Waals surface area contributed by atoms with Gasteiger partial charge in [-0.05, 0) is 59.2 Å². The number of fused-ring (bicyclic) bond motifs is 1. The summed E-state index contributed by atoms with van der Waals surface area (Å²) >= 11 is 7.66. The van der Waals surface area contributed by atoms with Crippen molar-refractivity contribution in [1.82, 2.24) is 4.90 Å². The van der Waals surface area contributed by atoms with E-state index < -0.39 is 11.5 Å². The first-order valence-electron chi connectivity index (χ1n) is 12.2. The van der Waals surface area contributed by atoms with Crippen molar-refractivity contribution in [3.63, 3.8) is 0 Å². The highest BCUT2D eigenvalue weighted by atomic mass is 35.5. The molecule has 0 spiro atoms. The number of para-hydroxylation sites is 1. The highest BCUT2D eigenvalue weighted by Gasteiger charge is 2.52. The van der Waals surface area contributed by atoms with E-state index in [1.807, 2.05) is 72.8 Å². The second-order valence-electron chi connectivity index (χ2n) is 9.29. The lowest BCUT2D eigenvalue weighted by atomic mass is 9.91. The Morgan fingerprint density at radius 3 is 2.16 bits per heavy atom. The Bertz CT molecular complexity index is 1460. The highest BCUT2D eigenvalue weighted by molar-refractivity contribution is 7.99. The summed E-state index contributed by atoms with van der Waals surface area (Å²) in [6.07, 6.45) is 0.724. The largest absolute Gasteiger partial charge is 0.467 e. The molecule has 0 unspecified atom stereocenters. The number of hydrogen-bond acceptors (Lipinski definition) is 5. The number of halogens is 1. The van der Waals surface area contributed by atoms with Gasteiger partial charge in [-0.25, -0.2) is 4.79 Å². The molecular weight excluding hydrogens is 516 g/mol. The maximum atomic E-state index is 14.3. The first-order valence-corrected chi connectivity index (χ1v) is 13.4. The number of nitrogen functional groups attached to an aromatic ring is 1. The lowest BCUT2D eigenvalue weighted by molar-refractivity contribution is -0.153. The maximum absolute atomic E-state index is 14.3. The van der Waals surface area contributed by atoms with E-state index >= 15 is 0 Å². The number of esters is 1. The summed E-state index contributed by atoms with van der Waals surface area (Å²) in [5, 5.41) is 0.667. The lowest BCUT2D eigenvalue weighted by Gasteiger charge is -2.39. The third-order valence-corrected chi connectivity index (χ3v) is 8.32. The van der Waals surface area contributed by atoms with E-state index in [0.717, 1.165) is 26.5 Å². The molecular formula is C31H27ClN2O3S. The second-order valence-corrected chi connectivity index (χ2v) is 10.8. The van der Waals surface area contributed by atoms with Crippen LogP contribution in [0.15, 0.2) is 107 Å². The Hall–Kier alpha value is -3.74. The standard InChI is InChI=1S/C31H27ClN2O3S/c1-37-30(36)31(18-21-8-2-3-9-22(21)19-31)34(29(35)26-11-5-6-12-27(26)33)20-23-10-4-7-13-28(23)38-25-16-14-24(32)15-17-25/h2-17H,18-20,33H2,1H3. The van der Waals surface area contributed by atoms with Gasteiger partial charge in [-0.2, -0.15) is 0 Å². The van der Waals surface area contributed by atoms with Crippen LogP contribution in [0.5, 0.6) is 0 Å².